The number of aryl methyl sites for hydroxylation is 2. The molecule has 5 aliphatic rings. The lowest BCUT2D eigenvalue weighted by molar-refractivity contribution is 0.479. The minimum Gasteiger partial charge on any atom is -0.336 e. The Labute approximate surface area is 329 Å². The summed E-state index contributed by atoms with van der Waals surface area (Å²) >= 11 is 0. The van der Waals surface area contributed by atoms with Crippen LogP contribution in [-0.4, -0.2) is 12.3 Å². The van der Waals surface area contributed by atoms with Crippen LogP contribution < -0.4 is 25.6 Å². The molecular weight excluding hydrogens is 665 g/mol. The van der Waals surface area contributed by atoms with Crippen LogP contribution in [0.3, 0.4) is 0 Å². The number of hydrogen-bond donors (Lipinski definition) is 0. The lowest BCUT2D eigenvalue weighted by Gasteiger charge is -2.59. The van der Waals surface area contributed by atoms with Crippen molar-refractivity contribution in [3.8, 4) is 0 Å². The summed E-state index contributed by atoms with van der Waals surface area (Å²) in [4.78, 5) is 7.79. The summed E-state index contributed by atoms with van der Waals surface area (Å²) in [6, 6.07) is 32.5. The zero-order valence-electron chi connectivity index (χ0n) is 33.9. The Morgan fingerprint density at radius 1 is 0.782 bits per heavy atom. The Bertz CT molecular complexity index is 2380. The van der Waals surface area contributed by atoms with Crippen molar-refractivity contribution < 1.29 is 0 Å². The summed E-state index contributed by atoms with van der Waals surface area (Å²) in [5.41, 5.74) is 16.8. The highest BCUT2D eigenvalue weighted by Gasteiger charge is 2.57. The van der Waals surface area contributed by atoms with Crippen LogP contribution in [0.5, 0.6) is 0 Å². The van der Waals surface area contributed by atoms with E-state index in [4.69, 9.17) is 0 Å². The van der Waals surface area contributed by atoms with Crippen molar-refractivity contribution in [2.75, 3.05) is 14.7 Å². The minimum absolute atomic E-state index is 0.0813. The second-order valence-electron chi connectivity index (χ2n) is 18.3. The van der Waals surface area contributed by atoms with E-state index >= 15 is 0 Å². The molecule has 9 rings (SSSR count). The molecule has 0 saturated heterocycles. The maximum absolute atomic E-state index is 2.73. The maximum Gasteiger partial charge on any atom is 0.226 e. The third-order valence-electron chi connectivity index (χ3n) is 12.8. The van der Waals surface area contributed by atoms with Crippen molar-refractivity contribution in [2.24, 2.45) is 5.41 Å². The quantitative estimate of drug-likeness (QED) is 0.190. The molecule has 0 saturated carbocycles. The van der Waals surface area contributed by atoms with Gasteiger partial charge in [-0.25, -0.2) is 0 Å². The van der Waals surface area contributed by atoms with Crippen LogP contribution in [0.1, 0.15) is 77.5 Å². The van der Waals surface area contributed by atoms with Gasteiger partial charge in [0, 0.05) is 51.3 Å². The summed E-state index contributed by atoms with van der Waals surface area (Å²) in [5, 5.41) is 0. The van der Waals surface area contributed by atoms with E-state index in [1.54, 1.807) is 0 Å². The highest BCUT2D eigenvalue weighted by atomic mass is 15.3. The van der Waals surface area contributed by atoms with Crippen LogP contribution in [0.4, 0.5) is 28.4 Å². The van der Waals surface area contributed by atoms with Gasteiger partial charge in [0.25, 0.3) is 0 Å². The Hall–Kier alpha value is -5.22. The van der Waals surface area contributed by atoms with Gasteiger partial charge >= 0.3 is 0 Å². The monoisotopic (exact) mass is 719 g/mol. The standard InChI is InChI=1S/C51H54BN3/c1-35-20-27-45-43(33-35)52-42-26-25-41(53(44-18-13-12-15-36(44)2)38-23-21-37(22-24-38)49(3,4)5)34-47(42)55(40-16-10-9-11-17-40)51(8)30-14-19-46(48(51)52)54(45)39-28-31-50(6,7)32-29-39/h9-10,12-16,18-31,33-34,48H,11,17,32H2,1-8H3. The van der Waals surface area contributed by atoms with Crippen molar-refractivity contribution in [1.29, 1.82) is 0 Å². The molecule has 4 heteroatoms. The molecule has 2 unspecified atom stereocenters. The van der Waals surface area contributed by atoms with E-state index in [1.807, 2.05) is 0 Å². The van der Waals surface area contributed by atoms with Gasteiger partial charge in [0.05, 0.1) is 5.54 Å². The zero-order valence-corrected chi connectivity index (χ0v) is 33.9. The largest absolute Gasteiger partial charge is 0.336 e. The van der Waals surface area contributed by atoms with E-state index in [2.05, 4.69) is 210 Å². The molecule has 0 aromatic heterocycles. The van der Waals surface area contributed by atoms with Crippen molar-refractivity contribution >= 4 is 46.1 Å². The number of para-hydroxylation sites is 1. The van der Waals surface area contributed by atoms with E-state index in [1.165, 1.54) is 73.1 Å². The van der Waals surface area contributed by atoms with Crippen LogP contribution in [0, 0.1) is 19.3 Å². The number of nitrogens with zero attached hydrogens (tertiary/aromatic N) is 3. The third-order valence-corrected chi connectivity index (χ3v) is 12.8. The molecule has 55 heavy (non-hydrogen) atoms. The molecule has 4 aromatic carbocycles. The smallest absolute Gasteiger partial charge is 0.226 e. The molecule has 2 aliphatic heterocycles. The zero-order chi connectivity index (χ0) is 38.3. The van der Waals surface area contributed by atoms with Gasteiger partial charge in [-0.05, 0) is 128 Å². The Balaban J connectivity index is 1.29. The molecular formula is C51H54BN3. The van der Waals surface area contributed by atoms with Crippen molar-refractivity contribution in [3.63, 3.8) is 0 Å². The summed E-state index contributed by atoms with van der Waals surface area (Å²) in [6.07, 6.45) is 24.5. The number of fused-ring (bicyclic) bond motifs is 4. The molecule has 0 radical (unpaired) electrons. The molecule has 3 nitrogen and oxygen atoms in total. The number of hydrogen-bond acceptors (Lipinski definition) is 3. The summed E-state index contributed by atoms with van der Waals surface area (Å²) < 4.78 is 0. The molecule has 276 valence electrons. The molecule has 0 N–H and O–H groups in total. The summed E-state index contributed by atoms with van der Waals surface area (Å²) in [6.45, 7) is 18.7. The first-order chi connectivity index (χ1) is 26.3. The Kier molecular flexibility index (Phi) is 8.35. The lowest BCUT2D eigenvalue weighted by atomic mass is 9.26. The van der Waals surface area contributed by atoms with Crippen LogP contribution in [0.2, 0.25) is 5.82 Å². The second-order valence-corrected chi connectivity index (χ2v) is 18.3. The third kappa shape index (κ3) is 5.88. The van der Waals surface area contributed by atoms with Crippen LogP contribution in [0.25, 0.3) is 0 Å². The van der Waals surface area contributed by atoms with E-state index in [-0.39, 0.29) is 28.9 Å². The molecule has 3 aliphatic carbocycles. The molecule has 2 atom stereocenters. The normalized spacial score (nSPS) is 22.0. The molecule has 0 bridgehead atoms. The van der Waals surface area contributed by atoms with Crippen LogP contribution in [-0.2, 0) is 5.41 Å². The maximum atomic E-state index is 2.73. The fourth-order valence-electron chi connectivity index (χ4n) is 9.82. The van der Waals surface area contributed by atoms with Gasteiger partial charge in [0.1, 0.15) is 0 Å². The van der Waals surface area contributed by atoms with Crippen molar-refractivity contribution in [3.05, 3.63) is 173 Å². The van der Waals surface area contributed by atoms with Crippen LogP contribution in [0.15, 0.2) is 157 Å². The van der Waals surface area contributed by atoms with Gasteiger partial charge in [-0.1, -0.05) is 125 Å². The van der Waals surface area contributed by atoms with Gasteiger partial charge in [0.15, 0.2) is 0 Å². The predicted molar refractivity (Wildman–Crippen MR) is 237 cm³/mol. The molecule has 0 fully saturated rings. The van der Waals surface area contributed by atoms with E-state index in [0.29, 0.717) is 0 Å². The van der Waals surface area contributed by atoms with Gasteiger partial charge in [-0.3, -0.25) is 0 Å². The first-order valence-electron chi connectivity index (χ1n) is 20.3. The number of anilines is 5. The molecule has 4 aromatic rings. The molecule has 0 amide bonds. The lowest BCUT2D eigenvalue weighted by Crippen LogP contribution is -2.68. The number of rotatable bonds is 5. The molecule has 0 spiro atoms. The highest BCUT2D eigenvalue weighted by molar-refractivity contribution is 6.90. The SMILES string of the molecule is Cc1ccc2c(c1)B1c3ccc(N(c4ccc(C(C)(C)C)cc4)c4ccccc4C)cc3N(C3=CC=CCC3)C3(C)C=CC=C(C13)N2C1=CCC(C)(C)C=C1. The van der Waals surface area contributed by atoms with Crippen LogP contribution >= 0.6 is 0 Å². The average molecular weight is 720 g/mol. The minimum atomic E-state index is -0.308. The predicted octanol–water partition coefficient (Wildman–Crippen LogP) is 12.0. The van der Waals surface area contributed by atoms with Crippen molar-refractivity contribution in [1.82, 2.24) is 0 Å². The van der Waals surface area contributed by atoms with Gasteiger partial charge in [0.2, 0.25) is 6.71 Å². The topological polar surface area (TPSA) is 9.72 Å². The fraction of sp³-hybridized carbons (Fsp3) is 0.294. The second kappa shape index (κ2) is 12.9. The van der Waals surface area contributed by atoms with E-state index < -0.39 is 0 Å². The number of allylic oxidation sites excluding steroid dienone is 9. The highest BCUT2D eigenvalue weighted by Crippen LogP contribution is 2.55. The van der Waals surface area contributed by atoms with E-state index in [0.717, 1.165) is 19.3 Å². The first-order valence-corrected chi connectivity index (χ1v) is 20.3. The average Bonchev–Trinajstić information content (AvgIpc) is 3.16. The fourth-order valence-corrected chi connectivity index (χ4v) is 9.82. The Morgan fingerprint density at radius 2 is 1.56 bits per heavy atom. The van der Waals surface area contributed by atoms with Gasteiger partial charge < -0.3 is 14.7 Å². The summed E-state index contributed by atoms with van der Waals surface area (Å²) in [7, 11) is 0. The van der Waals surface area contributed by atoms with E-state index in [9.17, 15) is 0 Å². The van der Waals surface area contributed by atoms with Crippen molar-refractivity contribution in [2.45, 2.75) is 91.4 Å². The Morgan fingerprint density at radius 3 is 2.27 bits per heavy atom. The van der Waals surface area contributed by atoms with Gasteiger partial charge in [-0.2, -0.15) is 0 Å². The first kappa shape index (κ1) is 35.5. The number of benzene rings is 4. The summed E-state index contributed by atoms with van der Waals surface area (Å²) in [5.74, 6) is 0.207. The van der Waals surface area contributed by atoms with Gasteiger partial charge in [-0.15, -0.1) is 0 Å². The molecule has 2 heterocycles.